The molecule has 2 fully saturated rings. The molecule has 2 unspecified atom stereocenters. The molecule has 2 atom stereocenters. The zero-order chi connectivity index (χ0) is 15.8. The van der Waals surface area contributed by atoms with E-state index in [-0.39, 0.29) is 24.4 Å². The fraction of sp³-hybridized carbons (Fsp3) is 0.412. The molecule has 2 aliphatic rings. The number of nitrogens with zero attached hydrogens (tertiary/aromatic N) is 1. The second-order valence-corrected chi connectivity index (χ2v) is 6.80. The van der Waals surface area contributed by atoms with Gasteiger partial charge in [0.15, 0.2) is 11.5 Å². The van der Waals surface area contributed by atoms with Gasteiger partial charge in [-0.1, -0.05) is 28.9 Å². The van der Waals surface area contributed by atoms with Crippen LogP contribution in [0.25, 0.3) is 11.3 Å². The van der Waals surface area contributed by atoms with E-state index >= 15 is 0 Å². The van der Waals surface area contributed by atoms with E-state index in [4.69, 9.17) is 16.1 Å². The van der Waals surface area contributed by atoms with Crippen molar-refractivity contribution in [1.29, 1.82) is 0 Å². The van der Waals surface area contributed by atoms with E-state index in [1.165, 1.54) is 12.8 Å². The summed E-state index contributed by atoms with van der Waals surface area (Å²) in [7, 11) is 0. The molecule has 7 heteroatoms. The minimum atomic E-state index is -0.173. The second-order valence-electron chi connectivity index (χ2n) is 6.37. The van der Waals surface area contributed by atoms with E-state index in [1.807, 2.05) is 12.1 Å². The van der Waals surface area contributed by atoms with Crippen LogP contribution in [0.3, 0.4) is 0 Å². The van der Waals surface area contributed by atoms with Crippen molar-refractivity contribution in [3.63, 3.8) is 0 Å². The van der Waals surface area contributed by atoms with Crippen LogP contribution in [0.1, 0.15) is 36.2 Å². The Bertz CT molecular complexity index is 722. The lowest BCUT2D eigenvalue weighted by atomic mass is 10.00. The highest BCUT2D eigenvalue weighted by molar-refractivity contribution is 6.30. The Morgan fingerprint density at radius 3 is 2.71 bits per heavy atom. The van der Waals surface area contributed by atoms with Gasteiger partial charge in [0.25, 0.3) is 5.91 Å². The molecule has 2 aromatic rings. The zero-order valence-electron chi connectivity index (χ0n) is 13.0. The Labute approximate surface area is 151 Å². The van der Waals surface area contributed by atoms with Crippen LogP contribution < -0.4 is 10.6 Å². The summed E-state index contributed by atoms with van der Waals surface area (Å²) < 4.78 is 5.29. The topological polar surface area (TPSA) is 67.2 Å². The predicted octanol–water partition coefficient (Wildman–Crippen LogP) is 3.43. The maximum absolute atomic E-state index is 12.4. The van der Waals surface area contributed by atoms with Gasteiger partial charge in [-0.15, -0.1) is 12.4 Å². The van der Waals surface area contributed by atoms with Crippen LogP contribution in [-0.4, -0.2) is 29.2 Å². The van der Waals surface area contributed by atoms with Gasteiger partial charge in [-0.05, 0) is 37.8 Å². The quantitative estimate of drug-likeness (QED) is 0.871. The van der Waals surface area contributed by atoms with Crippen LogP contribution in [0.15, 0.2) is 34.9 Å². The first-order valence-corrected chi connectivity index (χ1v) is 8.35. The summed E-state index contributed by atoms with van der Waals surface area (Å²) in [5.74, 6) is 0.372. The van der Waals surface area contributed by atoms with Gasteiger partial charge in [0.05, 0.1) is 0 Å². The fourth-order valence-electron chi connectivity index (χ4n) is 3.59. The maximum Gasteiger partial charge on any atom is 0.273 e. The molecule has 2 aliphatic heterocycles. The normalized spacial score (nSPS) is 25.1. The van der Waals surface area contributed by atoms with Gasteiger partial charge in [-0.25, -0.2) is 0 Å². The number of amides is 1. The molecular formula is C17H19Cl2N3O2. The van der Waals surface area contributed by atoms with Gasteiger partial charge in [0.2, 0.25) is 0 Å². The number of rotatable bonds is 3. The Kier molecular flexibility index (Phi) is 5.13. The molecule has 4 rings (SSSR count). The van der Waals surface area contributed by atoms with Crippen molar-refractivity contribution < 1.29 is 9.32 Å². The number of carbonyl (C=O) groups excluding carboxylic acids is 1. The third-order valence-corrected chi connectivity index (χ3v) is 4.90. The Morgan fingerprint density at radius 2 is 2.00 bits per heavy atom. The molecule has 0 radical (unpaired) electrons. The number of benzene rings is 1. The second kappa shape index (κ2) is 7.13. The van der Waals surface area contributed by atoms with Gasteiger partial charge >= 0.3 is 0 Å². The first-order chi connectivity index (χ1) is 11.2. The third-order valence-electron chi connectivity index (χ3n) is 4.66. The molecule has 24 heavy (non-hydrogen) atoms. The molecule has 1 aromatic heterocycles. The summed E-state index contributed by atoms with van der Waals surface area (Å²) in [6.45, 7) is 0. The number of hydrogen-bond donors (Lipinski definition) is 2. The summed E-state index contributed by atoms with van der Waals surface area (Å²) in [5, 5.41) is 11.2. The van der Waals surface area contributed by atoms with Crippen LogP contribution in [0.4, 0.5) is 0 Å². The Hall–Kier alpha value is -1.56. The third kappa shape index (κ3) is 3.58. The minimum Gasteiger partial charge on any atom is -0.355 e. The number of halogens is 2. The standard InChI is InChI=1S/C17H18ClN3O2.ClH/c18-11-3-1-2-10(6-11)16-9-15(21-23-16)17(22)20-14-7-12-4-5-13(8-14)19-12;/h1-3,6,9,12-14,19H,4-5,7-8H2,(H,20,22);1H. The molecule has 2 bridgehead atoms. The molecule has 2 saturated heterocycles. The largest absolute Gasteiger partial charge is 0.355 e. The van der Waals surface area contributed by atoms with Crippen LogP contribution in [0, 0.1) is 0 Å². The zero-order valence-corrected chi connectivity index (χ0v) is 14.6. The summed E-state index contributed by atoms with van der Waals surface area (Å²) in [6, 6.07) is 10.2. The van der Waals surface area contributed by atoms with Crippen molar-refractivity contribution in [3.8, 4) is 11.3 Å². The van der Waals surface area contributed by atoms with E-state index in [1.54, 1.807) is 18.2 Å². The number of carbonyl (C=O) groups is 1. The highest BCUT2D eigenvalue weighted by Crippen LogP contribution is 2.27. The molecule has 3 heterocycles. The lowest BCUT2D eigenvalue weighted by Crippen LogP contribution is -2.48. The SMILES string of the molecule is Cl.O=C(NC1CC2CCC(C1)N2)c1cc(-c2cccc(Cl)c2)on1. The molecular weight excluding hydrogens is 349 g/mol. The van der Waals surface area contributed by atoms with Crippen molar-refractivity contribution in [2.75, 3.05) is 0 Å². The van der Waals surface area contributed by atoms with Crippen molar-refractivity contribution in [2.24, 2.45) is 0 Å². The van der Waals surface area contributed by atoms with Gasteiger partial charge in [-0.2, -0.15) is 0 Å². The summed E-state index contributed by atoms with van der Waals surface area (Å²) in [4.78, 5) is 12.4. The number of piperidine rings is 1. The first kappa shape index (κ1) is 17.3. The fourth-order valence-corrected chi connectivity index (χ4v) is 3.78. The lowest BCUT2D eigenvalue weighted by molar-refractivity contribution is 0.0915. The van der Waals surface area contributed by atoms with Gasteiger partial charge in [-0.3, -0.25) is 4.79 Å². The number of hydrogen-bond acceptors (Lipinski definition) is 4. The summed E-state index contributed by atoms with van der Waals surface area (Å²) in [5.41, 5.74) is 1.12. The molecule has 0 aliphatic carbocycles. The van der Waals surface area contributed by atoms with E-state index in [2.05, 4.69) is 15.8 Å². The van der Waals surface area contributed by atoms with E-state index in [9.17, 15) is 4.79 Å². The van der Waals surface area contributed by atoms with E-state index < -0.39 is 0 Å². The number of nitrogens with one attached hydrogen (secondary N) is 2. The molecule has 0 saturated carbocycles. The summed E-state index contributed by atoms with van der Waals surface area (Å²) >= 11 is 5.98. The average Bonchev–Trinajstić information content (AvgIpc) is 3.14. The van der Waals surface area contributed by atoms with Crippen LogP contribution in [0.5, 0.6) is 0 Å². The van der Waals surface area contributed by atoms with Crippen molar-refractivity contribution >= 4 is 29.9 Å². The first-order valence-electron chi connectivity index (χ1n) is 7.97. The average molecular weight is 368 g/mol. The van der Waals surface area contributed by atoms with Crippen LogP contribution in [-0.2, 0) is 0 Å². The van der Waals surface area contributed by atoms with Crippen molar-refractivity contribution in [3.05, 3.63) is 41.0 Å². The molecule has 5 nitrogen and oxygen atoms in total. The van der Waals surface area contributed by atoms with Crippen LogP contribution >= 0.6 is 24.0 Å². The van der Waals surface area contributed by atoms with Gasteiger partial charge in [0.1, 0.15) is 0 Å². The van der Waals surface area contributed by atoms with E-state index in [0.29, 0.717) is 28.6 Å². The Morgan fingerprint density at radius 1 is 1.25 bits per heavy atom. The minimum absolute atomic E-state index is 0. The van der Waals surface area contributed by atoms with Crippen LogP contribution in [0.2, 0.25) is 5.02 Å². The highest BCUT2D eigenvalue weighted by Gasteiger charge is 2.34. The highest BCUT2D eigenvalue weighted by atomic mass is 35.5. The Balaban J connectivity index is 0.00000169. The predicted molar refractivity (Wildman–Crippen MR) is 94.6 cm³/mol. The number of fused-ring (bicyclic) bond motifs is 2. The molecule has 128 valence electrons. The molecule has 1 aromatic carbocycles. The maximum atomic E-state index is 12.4. The molecule has 0 spiro atoms. The summed E-state index contributed by atoms with van der Waals surface area (Å²) in [6.07, 6.45) is 4.39. The lowest BCUT2D eigenvalue weighted by Gasteiger charge is -2.29. The molecule has 1 amide bonds. The van der Waals surface area contributed by atoms with Gasteiger partial charge < -0.3 is 15.2 Å². The van der Waals surface area contributed by atoms with E-state index in [0.717, 1.165) is 18.4 Å². The monoisotopic (exact) mass is 367 g/mol. The van der Waals surface area contributed by atoms with Gasteiger partial charge in [0, 0.05) is 34.8 Å². The van der Waals surface area contributed by atoms with Crippen molar-refractivity contribution in [2.45, 2.75) is 43.8 Å². The number of aromatic nitrogens is 1. The molecule has 2 N–H and O–H groups in total. The van der Waals surface area contributed by atoms with Crippen molar-refractivity contribution in [1.82, 2.24) is 15.8 Å². The smallest absolute Gasteiger partial charge is 0.273 e.